The van der Waals surface area contributed by atoms with E-state index in [1.165, 1.54) is 30.9 Å². The molecule has 1 amide bonds. The van der Waals surface area contributed by atoms with Crippen molar-refractivity contribution in [1.82, 2.24) is 14.5 Å². The lowest BCUT2D eigenvalue weighted by molar-refractivity contribution is 0.0945. The lowest BCUT2D eigenvalue weighted by Crippen LogP contribution is -2.47. The van der Waals surface area contributed by atoms with E-state index in [9.17, 15) is 14.4 Å². The van der Waals surface area contributed by atoms with Gasteiger partial charge in [-0.05, 0) is 12.3 Å². The fourth-order valence-corrected chi connectivity index (χ4v) is 3.03. The first-order chi connectivity index (χ1) is 9.99. The quantitative estimate of drug-likeness (QED) is 0.882. The minimum absolute atomic E-state index is 0.217. The summed E-state index contributed by atoms with van der Waals surface area (Å²) in [6, 6.07) is 0. The van der Waals surface area contributed by atoms with Crippen LogP contribution < -0.4 is 16.6 Å². The molecule has 0 bridgehead atoms. The number of allylic oxidation sites excluding steroid dienone is 1. The van der Waals surface area contributed by atoms with Crippen molar-refractivity contribution in [2.75, 3.05) is 0 Å². The second-order valence-electron chi connectivity index (χ2n) is 5.95. The molecule has 1 fully saturated rings. The van der Waals surface area contributed by atoms with Gasteiger partial charge in [-0.25, -0.2) is 4.79 Å². The number of rotatable bonds is 3. The molecule has 1 N–H and O–H groups in total. The highest BCUT2D eigenvalue weighted by Crippen LogP contribution is 2.29. The smallest absolute Gasteiger partial charge is 0.325 e. The molecule has 6 heteroatoms. The number of aromatic nitrogens is 2. The molecule has 21 heavy (non-hydrogen) atoms. The van der Waals surface area contributed by atoms with Crippen LogP contribution in [0.1, 0.15) is 41.7 Å². The number of nitrogens with zero attached hydrogens (tertiary/aromatic N) is 2. The monoisotopic (exact) mass is 289 g/mol. The van der Waals surface area contributed by atoms with Gasteiger partial charge < -0.3 is 5.32 Å². The Morgan fingerprint density at radius 3 is 2.62 bits per heavy atom. The van der Waals surface area contributed by atoms with Crippen LogP contribution in [-0.4, -0.2) is 15.0 Å². The number of nitrogens with one attached hydrogen (secondary N) is 1. The third kappa shape index (κ3) is 2.24. The Labute approximate surface area is 122 Å². The van der Waals surface area contributed by atoms with Crippen LogP contribution in [0, 0.1) is 5.92 Å². The van der Waals surface area contributed by atoms with Crippen molar-refractivity contribution in [3.63, 3.8) is 0 Å². The summed E-state index contributed by atoms with van der Waals surface area (Å²) in [5.41, 5.74) is 0.273. The minimum Gasteiger partial charge on any atom is -0.325 e. The van der Waals surface area contributed by atoms with Crippen molar-refractivity contribution in [3.8, 4) is 0 Å². The molecule has 0 unspecified atom stereocenters. The lowest BCUT2D eigenvalue weighted by atomic mass is 9.83. The molecule has 2 aliphatic rings. The van der Waals surface area contributed by atoms with Crippen LogP contribution >= 0.6 is 0 Å². The molecule has 1 aromatic heterocycles. The summed E-state index contributed by atoms with van der Waals surface area (Å²) in [6.07, 6.45) is 4.78. The van der Waals surface area contributed by atoms with Crippen molar-refractivity contribution < 1.29 is 4.79 Å². The zero-order valence-corrected chi connectivity index (χ0v) is 12.1. The van der Waals surface area contributed by atoms with Crippen molar-refractivity contribution in [3.05, 3.63) is 44.4 Å². The Morgan fingerprint density at radius 1 is 1.29 bits per heavy atom. The standard InChI is InChI=1S/C15H19N3O3/c1-9-8-11-12(13(19)16-9)18(7-6-10-4-3-5-10)15(21)17(2)14(11)20/h10H,1,3-8H2,2H3,(H,16,19). The van der Waals surface area contributed by atoms with Crippen molar-refractivity contribution >= 4 is 5.91 Å². The maximum atomic E-state index is 12.3. The average Bonchev–Trinajstić information content (AvgIpc) is 2.38. The molecule has 1 aromatic rings. The largest absolute Gasteiger partial charge is 0.331 e. The number of carbonyl (C=O) groups is 1. The first kappa shape index (κ1) is 13.9. The van der Waals surface area contributed by atoms with Gasteiger partial charge in [-0.2, -0.15) is 0 Å². The summed E-state index contributed by atoms with van der Waals surface area (Å²) < 4.78 is 2.54. The molecular formula is C15H19N3O3. The normalized spacial score (nSPS) is 18.1. The van der Waals surface area contributed by atoms with E-state index in [-0.39, 0.29) is 12.1 Å². The Kier molecular flexibility index (Phi) is 3.31. The predicted molar refractivity (Wildman–Crippen MR) is 78.2 cm³/mol. The lowest BCUT2D eigenvalue weighted by Gasteiger charge is -2.27. The number of amides is 1. The average molecular weight is 289 g/mol. The predicted octanol–water partition coefficient (Wildman–Crippen LogP) is 0.537. The molecule has 1 aliphatic heterocycles. The first-order valence-corrected chi connectivity index (χ1v) is 7.31. The second kappa shape index (κ2) is 5.02. The number of fused-ring (bicyclic) bond motifs is 1. The summed E-state index contributed by atoms with van der Waals surface area (Å²) in [6.45, 7) is 4.20. The van der Waals surface area contributed by atoms with Crippen LogP contribution in [0.4, 0.5) is 0 Å². The zero-order valence-electron chi connectivity index (χ0n) is 12.1. The highest BCUT2D eigenvalue weighted by atomic mass is 16.2. The first-order valence-electron chi connectivity index (χ1n) is 7.31. The van der Waals surface area contributed by atoms with Crippen LogP contribution in [0.15, 0.2) is 21.9 Å². The van der Waals surface area contributed by atoms with Gasteiger partial charge in [0.2, 0.25) is 0 Å². The topological polar surface area (TPSA) is 73.1 Å². The third-order valence-electron chi connectivity index (χ3n) is 4.52. The number of hydrogen-bond donors (Lipinski definition) is 1. The van der Waals surface area contributed by atoms with Gasteiger partial charge in [-0.1, -0.05) is 25.8 Å². The van der Waals surface area contributed by atoms with E-state index in [0.29, 0.717) is 23.7 Å². The minimum atomic E-state index is -0.416. The Morgan fingerprint density at radius 2 is 2.00 bits per heavy atom. The van der Waals surface area contributed by atoms with Gasteiger partial charge in [-0.15, -0.1) is 0 Å². The van der Waals surface area contributed by atoms with Crippen LogP contribution in [0.5, 0.6) is 0 Å². The van der Waals surface area contributed by atoms with Crippen LogP contribution in [0.2, 0.25) is 0 Å². The molecular weight excluding hydrogens is 270 g/mol. The molecule has 1 aliphatic carbocycles. The maximum absolute atomic E-state index is 12.3. The van der Waals surface area contributed by atoms with Gasteiger partial charge in [0.1, 0.15) is 5.69 Å². The molecule has 1 saturated carbocycles. The van der Waals surface area contributed by atoms with E-state index in [0.717, 1.165) is 11.0 Å². The molecule has 0 saturated heterocycles. The molecule has 0 atom stereocenters. The van der Waals surface area contributed by atoms with Gasteiger partial charge in [0.15, 0.2) is 0 Å². The molecule has 3 rings (SSSR count). The van der Waals surface area contributed by atoms with Crippen molar-refractivity contribution in [1.29, 1.82) is 0 Å². The van der Waals surface area contributed by atoms with Gasteiger partial charge in [0.25, 0.3) is 11.5 Å². The summed E-state index contributed by atoms with van der Waals surface area (Å²) in [5.74, 6) is 0.232. The Balaban J connectivity index is 2.09. The SMILES string of the molecule is C=C1Cc2c(n(CCC3CCC3)c(=O)n(C)c2=O)C(=O)N1. The summed E-state index contributed by atoms with van der Waals surface area (Å²) in [7, 11) is 1.46. The van der Waals surface area contributed by atoms with Gasteiger partial charge in [0.05, 0.1) is 5.56 Å². The Hall–Kier alpha value is -2.11. The fraction of sp³-hybridized carbons (Fsp3) is 0.533. The van der Waals surface area contributed by atoms with Gasteiger partial charge >= 0.3 is 5.69 Å². The summed E-state index contributed by atoms with van der Waals surface area (Å²) in [4.78, 5) is 36.7. The van der Waals surface area contributed by atoms with Crippen LogP contribution in [0.3, 0.4) is 0 Å². The third-order valence-corrected chi connectivity index (χ3v) is 4.52. The Bertz CT molecular complexity index is 738. The molecule has 0 radical (unpaired) electrons. The molecule has 0 aromatic carbocycles. The fourth-order valence-electron chi connectivity index (χ4n) is 3.03. The van der Waals surface area contributed by atoms with Gasteiger partial charge in [-0.3, -0.25) is 18.7 Å². The van der Waals surface area contributed by atoms with E-state index in [1.807, 2.05) is 0 Å². The van der Waals surface area contributed by atoms with Crippen LogP contribution in [0.25, 0.3) is 0 Å². The zero-order chi connectivity index (χ0) is 15.1. The number of carbonyl (C=O) groups excluding carboxylic acids is 1. The van der Waals surface area contributed by atoms with E-state index in [4.69, 9.17) is 0 Å². The van der Waals surface area contributed by atoms with Crippen molar-refractivity contribution in [2.24, 2.45) is 13.0 Å². The van der Waals surface area contributed by atoms with E-state index < -0.39 is 17.2 Å². The number of hydrogen-bond acceptors (Lipinski definition) is 3. The summed E-state index contributed by atoms with van der Waals surface area (Å²) in [5, 5.41) is 2.62. The molecule has 6 nitrogen and oxygen atoms in total. The highest BCUT2D eigenvalue weighted by molar-refractivity contribution is 5.96. The van der Waals surface area contributed by atoms with E-state index in [2.05, 4.69) is 11.9 Å². The second-order valence-corrected chi connectivity index (χ2v) is 5.95. The highest BCUT2D eigenvalue weighted by Gasteiger charge is 2.28. The molecule has 2 heterocycles. The summed E-state index contributed by atoms with van der Waals surface area (Å²) >= 11 is 0. The molecule has 112 valence electrons. The van der Waals surface area contributed by atoms with E-state index >= 15 is 0 Å². The molecule has 0 spiro atoms. The van der Waals surface area contributed by atoms with Crippen molar-refractivity contribution in [2.45, 2.75) is 38.6 Å². The van der Waals surface area contributed by atoms with Crippen LogP contribution in [-0.2, 0) is 20.0 Å². The maximum Gasteiger partial charge on any atom is 0.331 e. The van der Waals surface area contributed by atoms with Gasteiger partial charge in [0, 0.05) is 25.7 Å². The van der Waals surface area contributed by atoms with E-state index in [1.54, 1.807) is 0 Å².